The Morgan fingerprint density at radius 2 is 2.31 bits per heavy atom. The van der Waals surface area contributed by atoms with E-state index in [9.17, 15) is 0 Å². The summed E-state index contributed by atoms with van der Waals surface area (Å²) in [4.78, 5) is 0. The van der Waals surface area contributed by atoms with Gasteiger partial charge in [0.15, 0.2) is 0 Å². The summed E-state index contributed by atoms with van der Waals surface area (Å²) in [6.07, 6.45) is 0. The smallest absolute Gasteiger partial charge is 0.120 e. The summed E-state index contributed by atoms with van der Waals surface area (Å²) in [6.45, 7) is 2.91. The molecule has 1 aromatic carbocycles. The number of rotatable bonds is 7. The van der Waals surface area contributed by atoms with Gasteiger partial charge >= 0.3 is 0 Å². The van der Waals surface area contributed by atoms with E-state index >= 15 is 0 Å². The lowest BCUT2D eigenvalue weighted by Crippen LogP contribution is -2.04. The van der Waals surface area contributed by atoms with E-state index in [0.717, 1.165) is 34.2 Å². The lowest BCUT2D eigenvalue weighted by atomic mass is 10.3. The highest BCUT2D eigenvalue weighted by Gasteiger charge is 2.00. The SMILES string of the molecule is CC(CCl)CSCCOc1cccc(Br)c1. The number of hydrogen-bond donors (Lipinski definition) is 0. The van der Waals surface area contributed by atoms with Gasteiger partial charge in [0, 0.05) is 16.1 Å². The Balaban J connectivity index is 2.12. The molecule has 1 rings (SSSR count). The average molecular weight is 324 g/mol. The van der Waals surface area contributed by atoms with E-state index in [2.05, 4.69) is 22.9 Å². The van der Waals surface area contributed by atoms with E-state index < -0.39 is 0 Å². The lowest BCUT2D eigenvalue weighted by molar-refractivity contribution is 0.343. The molecule has 90 valence electrons. The van der Waals surface area contributed by atoms with Crippen molar-refractivity contribution in [2.24, 2.45) is 5.92 Å². The molecule has 1 nitrogen and oxygen atoms in total. The van der Waals surface area contributed by atoms with E-state index in [1.165, 1.54) is 0 Å². The summed E-state index contributed by atoms with van der Waals surface area (Å²) < 4.78 is 6.67. The molecule has 0 bridgehead atoms. The van der Waals surface area contributed by atoms with Crippen molar-refractivity contribution < 1.29 is 4.74 Å². The van der Waals surface area contributed by atoms with Crippen LogP contribution in [0.25, 0.3) is 0 Å². The molecule has 0 fully saturated rings. The first-order valence-electron chi connectivity index (χ1n) is 5.24. The van der Waals surface area contributed by atoms with Gasteiger partial charge < -0.3 is 4.74 Å². The van der Waals surface area contributed by atoms with E-state index in [-0.39, 0.29) is 0 Å². The lowest BCUT2D eigenvalue weighted by Gasteiger charge is -2.08. The first-order valence-corrected chi connectivity index (χ1v) is 7.72. The third-order valence-electron chi connectivity index (χ3n) is 1.96. The van der Waals surface area contributed by atoms with Crippen LogP contribution in [0.1, 0.15) is 6.92 Å². The maximum Gasteiger partial charge on any atom is 0.120 e. The predicted molar refractivity (Wildman–Crippen MR) is 76.8 cm³/mol. The summed E-state index contributed by atoms with van der Waals surface area (Å²) in [5.74, 6) is 4.34. The molecular formula is C12H16BrClOS. The van der Waals surface area contributed by atoms with E-state index in [1.807, 2.05) is 36.0 Å². The summed E-state index contributed by atoms with van der Waals surface area (Å²) >= 11 is 11.0. The van der Waals surface area contributed by atoms with Crippen LogP contribution in [-0.4, -0.2) is 24.0 Å². The Kier molecular flexibility index (Phi) is 7.33. The molecule has 0 aliphatic carbocycles. The zero-order valence-corrected chi connectivity index (χ0v) is 12.4. The van der Waals surface area contributed by atoms with Crippen molar-refractivity contribution in [2.75, 3.05) is 24.0 Å². The highest BCUT2D eigenvalue weighted by Crippen LogP contribution is 2.18. The highest BCUT2D eigenvalue weighted by atomic mass is 79.9. The summed E-state index contributed by atoms with van der Waals surface area (Å²) in [6, 6.07) is 7.91. The minimum Gasteiger partial charge on any atom is -0.493 e. The highest BCUT2D eigenvalue weighted by molar-refractivity contribution is 9.10. The van der Waals surface area contributed by atoms with Crippen LogP contribution in [0.3, 0.4) is 0 Å². The molecule has 1 atom stereocenters. The molecule has 1 aromatic rings. The van der Waals surface area contributed by atoms with Crippen molar-refractivity contribution in [3.8, 4) is 5.75 Å². The monoisotopic (exact) mass is 322 g/mol. The van der Waals surface area contributed by atoms with Crippen LogP contribution < -0.4 is 4.74 Å². The number of hydrogen-bond acceptors (Lipinski definition) is 2. The number of benzene rings is 1. The number of thioether (sulfide) groups is 1. The third kappa shape index (κ3) is 6.02. The second-order valence-electron chi connectivity index (χ2n) is 3.64. The van der Waals surface area contributed by atoms with E-state index in [4.69, 9.17) is 16.3 Å². The molecule has 1 unspecified atom stereocenters. The van der Waals surface area contributed by atoms with Crippen molar-refractivity contribution in [2.45, 2.75) is 6.92 Å². The van der Waals surface area contributed by atoms with Gasteiger partial charge in [0.25, 0.3) is 0 Å². The molecule has 0 N–H and O–H groups in total. The standard InChI is InChI=1S/C12H16BrClOS/c1-10(8-14)9-16-6-5-15-12-4-2-3-11(13)7-12/h2-4,7,10H,5-6,8-9H2,1H3. The Morgan fingerprint density at radius 1 is 1.50 bits per heavy atom. The summed E-state index contributed by atoms with van der Waals surface area (Å²) in [7, 11) is 0. The van der Waals surface area contributed by atoms with Gasteiger partial charge in [-0.25, -0.2) is 0 Å². The largest absolute Gasteiger partial charge is 0.493 e. The second kappa shape index (κ2) is 8.26. The molecule has 4 heteroatoms. The Labute approximate surface area is 115 Å². The quantitative estimate of drug-likeness (QED) is 0.542. The fourth-order valence-corrected chi connectivity index (χ4v) is 2.61. The number of ether oxygens (including phenoxy) is 1. The van der Waals surface area contributed by atoms with Crippen molar-refractivity contribution in [3.05, 3.63) is 28.7 Å². The Morgan fingerprint density at radius 3 is 3.00 bits per heavy atom. The van der Waals surface area contributed by atoms with Crippen molar-refractivity contribution in [1.82, 2.24) is 0 Å². The van der Waals surface area contributed by atoms with Crippen LogP contribution in [0.2, 0.25) is 0 Å². The maximum absolute atomic E-state index is 5.73. The van der Waals surface area contributed by atoms with Gasteiger partial charge in [0.05, 0.1) is 6.61 Å². The normalized spacial score (nSPS) is 12.4. The summed E-state index contributed by atoms with van der Waals surface area (Å²) in [5.41, 5.74) is 0. The van der Waals surface area contributed by atoms with E-state index in [0.29, 0.717) is 5.92 Å². The molecule has 0 heterocycles. The average Bonchev–Trinajstić information content (AvgIpc) is 2.28. The van der Waals surface area contributed by atoms with Crippen LogP contribution in [0.4, 0.5) is 0 Å². The van der Waals surface area contributed by atoms with Crippen molar-refractivity contribution in [3.63, 3.8) is 0 Å². The van der Waals surface area contributed by atoms with Gasteiger partial charge in [0.1, 0.15) is 5.75 Å². The van der Waals surface area contributed by atoms with Crippen molar-refractivity contribution >= 4 is 39.3 Å². The van der Waals surface area contributed by atoms with Crippen molar-refractivity contribution in [1.29, 1.82) is 0 Å². The molecule has 16 heavy (non-hydrogen) atoms. The van der Waals surface area contributed by atoms with Gasteiger partial charge in [-0.3, -0.25) is 0 Å². The van der Waals surface area contributed by atoms with Gasteiger partial charge in [-0.2, -0.15) is 11.8 Å². The predicted octanol–water partition coefficient (Wildman–Crippen LogP) is 4.44. The van der Waals surface area contributed by atoms with Gasteiger partial charge in [-0.15, -0.1) is 11.6 Å². The Hall–Kier alpha value is 0.140. The summed E-state index contributed by atoms with van der Waals surface area (Å²) in [5, 5.41) is 0. The molecule has 0 saturated carbocycles. The maximum atomic E-state index is 5.73. The first-order chi connectivity index (χ1) is 7.72. The fraction of sp³-hybridized carbons (Fsp3) is 0.500. The molecule has 0 spiro atoms. The minimum absolute atomic E-state index is 0.581. The number of halogens is 2. The molecule has 0 radical (unpaired) electrons. The molecule has 0 aliphatic rings. The first kappa shape index (κ1) is 14.2. The van der Waals surface area contributed by atoms with Crippen LogP contribution >= 0.6 is 39.3 Å². The van der Waals surface area contributed by atoms with E-state index in [1.54, 1.807) is 0 Å². The van der Waals surface area contributed by atoms with Gasteiger partial charge in [-0.1, -0.05) is 28.9 Å². The molecule has 0 amide bonds. The van der Waals surface area contributed by atoms with Gasteiger partial charge in [0.2, 0.25) is 0 Å². The van der Waals surface area contributed by atoms with Crippen LogP contribution in [0, 0.1) is 5.92 Å². The van der Waals surface area contributed by atoms with Crippen LogP contribution in [-0.2, 0) is 0 Å². The molecule has 0 aliphatic heterocycles. The topological polar surface area (TPSA) is 9.23 Å². The van der Waals surface area contributed by atoms with Gasteiger partial charge in [-0.05, 0) is 29.9 Å². The fourth-order valence-electron chi connectivity index (χ4n) is 1.10. The van der Waals surface area contributed by atoms with Crippen LogP contribution in [0.15, 0.2) is 28.7 Å². The minimum atomic E-state index is 0.581. The molecule has 0 saturated heterocycles. The second-order valence-corrected chi connectivity index (χ2v) is 6.01. The molecule has 0 aromatic heterocycles. The third-order valence-corrected chi connectivity index (χ3v) is 4.24. The zero-order valence-electron chi connectivity index (χ0n) is 9.29. The number of alkyl halides is 1. The molecular weight excluding hydrogens is 308 g/mol. The van der Waals surface area contributed by atoms with Crippen LogP contribution in [0.5, 0.6) is 5.75 Å². The Bertz CT molecular complexity index is 309. The zero-order chi connectivity index (χ0) is 11.8.